The van der Waals surface area contributed by atoms with Gasteiger partial charge in [0.1, 0.15) is 0 Å². The summed E-state index contributed by atoms with van der Waals surface area (Å²) in [4.78, 5) is 0. The Balaban J connectivity index is 0. The zero-order valence-corrected chi connectivity index (χ0v) is 91.0. The van der Waals surface area contributed by atoms with Crippen LogP contribution in [-0.4, -0.2) is 16.1 Å². The van der Waals surface area contributed by atoms with E-state index in [9.17, 15) is 0 Å². The van der Waals surface area contributed by atoms with Crippen molar-refractivity contribution >= 4 is 84.3 Å². The zero-order valence-electron chi connectivity index (χ0n) is 73.1. The summed E-state index contributed by atoms with van der Waals surface area (Å²) >= 11 is -3.30. The third kappa shape index (κ3) is 36.2. The van der Waals surface area contributed by atoms with Crippen molar-refractivity contribution < 1.29 is 83.4 Å². The van der Waals surface area contributed by atoms with Crippen LogP contribution >= 0.6 is 68.1 Å². The minimum absolute atomic E-state index is 0. The van der Waals surface area contributed by atoms with Crippen molar-refractivity contribution in [3.8, 4) is 0 Å². The van der Waals surface area contributed by atoms with Crippen LogP contribution in [-0.2, 0) is 83.4 Å². The zero-order chi connectivity index (χ0) is 75.1. The second-order valence-electron chi connectivity index (χ2n) is 33.9. The Kier molecular flexibility index (Phi) is 70.0. The van der Waals surface area contributed by atoms with Crippen molar-refractivity contribution in [2.75, 3.05) is 0 Å². The molecule has 0 aliphatic heterocycles. The number of fused-ring (bicyclic) bond motifs is 10. The van der Waals surface area contributed by atoms with Crippen LogP contribution in [0.15, 0.2) is 194 Å². The Bertz CT molecular complexity index is 2640. The molecule has 0 nitrogen and oxygen atoms in total. The molecule has 16 aliphatic carbocycles. The Hall–Kier alpha value is 2.13. The predicted molar refractivity (Wildman–Crippen MR) is 512 cm³/mol. The fourth-order valence-electron chi connectivity index (χ4n) is 23.0. The number of hydrogen-bond donors (Lipinski definition) is 0. The predicted octanol–water partition coefficient (Wildman–Crippen LogP) is 36.3. The molecule has 0 aromatic rings. The molecule has 0 N–H and O–H groups in total. The number of unbranched alkanes of at least 4 members (excludes halogenated alkanes) is 7. The first-order chi connectivity index (χ1) is 51.4. The van der Waals surface area contributed by atoms with Gasteiger partial charge in [0.25, 0.3) is 0 Å². The summed E-state index contributed by atoms with van der Waals surface area (Å²) in [6, 6.07) is 1.51. The van der Waals surface area contributed by atoms with Crippen molar-refractivity contribution in [1.29, 1.82) is 0 Å². The SMILES string of the molecule is C1=CC2CCCC2C=C1.C1=CC2CCCC2C=C1.CCCCC1CCCC1.CCCCC1CCCC1.CCCCCCCC[Si](C)(C1C2C=CC=CC2C2C=CC=CC21)C1C2C=CC=CC2C2C=CC=CC21.C[Si](C)(C1CCC2C=CC=CC21)C1CCC2C=CC=CC21.[CH3-].[CH3-].[CH3-].[CH3-].[CH3-].[CH3-].[CH3-].[CH3-].[Cl][Zr+2][Cl].[Cl][Zr+2][Cl].[Cl][Zr+2][Cl].[Cl][Zr+2][Cl]. The number of hydrogen-bond acceptors (Lipinski definition) is 0. The van der Waals surface area contributed by atoms with E-state index < -0.39 is 99.5 Å². The van der Waals surface area contributed by atoms with Crippen LogP contribution in [0, 0.1) is 166 Å². The van der Waals surface area contributed by atoms with Gasteiger partial charge in [0.2, 0.25) is 0 Å². The molecule has 18 atom stereocenters. The van der Waals surface area contributed by atoms with E-state index in [1.165, 1.54) is 199 Å². The van der Waals surface area contributed by atoms with Crippen LogP contribution in [0.5, 0.6) is 0 Å². The molecule has 14 heteroatoms. The molecular formula is C99H158Cl8Si2Zr4. The molecule has 0 aromatic heterocycles. The molecule has 0 amide bonds. The third-order valence-electron chi connectivity index (χ3n) is 27.9. The maximum atomic E-state index is 4.93. The number of halogens is 8. The van der Waals surface area contributed by atoms with Crippen molar-refractivity contribution in [2.45, 2.75) is 261 Å². The summed E-state index contributed by atoms with van der Waals surface area (Å²) in [6.45, 7) is 15.2. The average molecular weight is 2050 g/mol. The summed E-state index contributed by atoms with van der Waals surface area (Å²) in [5, 5.41) is 0. The molecule has 0 saturated heterocycles. The van der Waals surface area contributed by atoms with E-state index in [-0.39, 0.29) is 59.4 Å². The van der Waals surface area contributed by atoms with Gasteiger partial charge in [0, 0.05) is 0 Å². The average Bonchev–Trinajstić information content (AvgIpc) is 1.55. The van der Waals surface area contributed by atoms with Gasteiger partial charge in [-0.2, -0.15) is 0 Å². The van der Waals surface area contributed by atoms with Crippen molar-refractivity contribution in [1.82, 2.24) is 0 Å². The molecule has 634 valence electrons. The summed E-state index contributed by atoms with van der Waals surface area (Å²) < 4.78 is 0. The van der Waals surface area contributed by atoms with E-state index in [2.05, 4.69) is 235 Å². The van der Waals surface area contributed by atoms with Crippen molar-refractivity contribution in [3.05, 3.63) is 254 Å². The molecule has 16 aliphatic rings. The normalized spacial score (nSPS) is 31.6. The quantitative estimate of drug-likeness (QED) is 0.0774. The summed E-state index contributed by atoms with van der Waals surface area (Å²) in [6.07, 6.45) is 121. The topological polar surface area (TPSA) is 0 Å². The van der Waals surface area contributed by atoms with E-state index in [1.54, 1.807) is 0 Å². The van der Waals surface area contributed by atoms with Gasteiger partial charge in [0.15, 0.2) is 0 Å². The molecular weight excluding hydrogens is 1890 g/mol. The van der Waals surface area contributed by atoms with Gasteiger partial charge in [-0.15, -0.1) is 0 Å². The van der Waals surface area contributed by atoms with Gasteiger partial charge in [0.05, 0.1) is 16.1 Å². The molecule has 113 heavy (non-hydrogen) atoms. The first-order valence-corrected chi connectivity index (χ1v) is 73.4. The standard InChI is InChI=1S/C35H46Si.C20H28Si.2C9H12.2C9H18.8CH3.8ClH.4Zr/c1-3-4-5-6-7-16-25-36(2,34-30-21-12-8-17-26(30)27-18-9-13-22-31(27)34)35-32-23-14-10-19-28(32)29-20-11-15-24-33(29)35;1-21(2,19-13-11-15-7-3-5-9-17(15)19)20-14-12-16-8-4-6-10-18(16)20;2*1-2-5-9-7-3-6-8(9)4-1;2*1-2-3-6-9-7-4-5-8-9;;;;;;;;;;;;;;;;;;;;/h8-15,17-24,26-35H,3-7,16,25H2,1-2H3;3-10,15-20H,11-14H2,1-2H3;2*1-2,4-5,8-9H,3,6-7H2;2*9H,2-8H2,1H3;8*1H3;8*1H;;;;/q;;;;;;8*-1;;;;;;;;;4*+4/p-8. The van der Waals surface area contributed by atoms with E-state index in [1.807, 2.05) is 0 Å². The molecule has 0 aromatic carbocycles. The summed E-state index contributed by atoms with van der Waals surface area (Å²) in [7, 11) is 36.5. The van der Waals surface area contributed by atoms with Gasteiger partial charge >= 0.3 is 151 Å². The van der Waals surface area contributed by atoms with Crippen molar-refractivity contribution in [2.24, 2.45) is 107 Å². The fraction of sp³-hybridized carbons (Fsp3) is 0.596. The fourth-order valence-corrected chi connectivity index (χ4v) is 35.0. The van der Waals surface area contributed by atoms with Crippen LogP contribution in [0.25, 0.3) is 0 Å². The number of rotatable bonds is 17. The molecule has 16 rings (SSSR count). The Morgan fingerprint density at radius 1 is 0.248 bits per heavy atom. The van der Waals surface area contributed by atoms with E-state index in [4.69, 9.17) is 68.1 Å². The first kappa shape index (κ1) is 117. The Morgan fingerprint density at radius 2 is 0.478 bits per heavy atom. The Morgan fingerprint density at radius 3 is 0.752 bits per heavy atom. The van der Waals surface area contributed by atoms with Crippen LogP contribution in [0.1, 0.15) is 213 Å². The second kappa shape index (κ2) is 67.5. The monoisotopic (exact) mass is 2040 g/mol. The van der Waals surface area contributed by atoms with Gasteiger partial charge in [-0.05, 0) is 167 Å². The first-order valence-electron chi connectivity index (χ1n) is 42.0. The molecule has 8 fully saturated rings. The molecule has 18 unspecified atom stereocenters. The Labute approximate surface area is 779 Å². The second-order valence-corrected chi connectivity index (χ2v) is 58.8. The molecule has 0 spiro atoms. The van der Waals surface area contributed by atoms with Gasteiger partial charge in [-0.3, -0.25) is 0 Å². The van der Waals surface area contributed by atoms with Crippen LogP contribution in [0.3, 0.4) is 0 Å². The van der Waals surface area contributed by atoms with E-state index >= 15 is 0 Å². The van der Waals surface area contributed by atoms with Gasteiger partial charge < -0.3 is 59.4 Å². The van der Waals surface area contributed by atoms with E-state index in [0.29, 0.717) is 23.7 Å². The van der Waals surface area contributed by atoms with Crippen LogP contribution < -0.4 is 0 Å². The van der Waals surface area contributed by atoms with E-state index in [0.717, 1.165) is 105 Å². The van der Waals surface area contributed by atoms with Crippen molar-refractivity contribution in [3.63, 3.8) is 0 Å². The molecule has 0 heterocycles. The van der Waals surface area contributed by atoms with Gasteiger partial charge in [-0.25, -0.2) is 0 Å². The molecule has 0 bridgehead atoms. The van der Waals surface area contributed by atoms with Crippen LogP contribution in [0.4, 0.5) is 0 Å². The summed E-state index contributed by atoms with van der Waals surface area (Å²) in [5.74, 6) is 14.9. The molecule has 0 radical (unpaired) electrons. The minimum atomic E-state index is -1.73. The number of allylic oxidation sites excluding steroid dienone is 32. The van der Waals surface area contributed by atoms with Crippen LogP contribution in [0.2, 0.25) is 47.8 Å². The third-order valence-corrected chi connectivity index (χ3v) is 39.1. The summed E-state index contributed by atoms with van der Waals surface area (Å²) in [5.41, 5.74) is 3.70. The maximum absolute atomic E-state index is 4.93. The van der Waals surface area contributed by atoms with Gasteiger partial charge in [-0.1, -0.05) is 395 Å². The molecule has 8 saturated carbocycles.